The van der Waals surface area contributed by atoms with Crippen LogP contribution < -0.4 is 10.6 Å². The summed E-state index contributed by atoms with van der Waals surface area (Å²) in [5, 5.41) is 27.4. The molecule has 0 aliphatic heterocycles. The summed E-state index contributed by atoms with van der Waals surface area (Å²) in [5.41, 5.74) is 5.91. The van der Waals surface area contributed by atoms with Gasteiger partial charge in [-0.2, -0.15) is 0 Å². The Morgan fingerprint density at radius 2 is 1.33 bits per heavy atom. The maximum atomic E-state index is 13.5. The molecule has 9 heteroatoms. The van der Waals surface area contributed by atoms with Gasteiger partial charge in [-0.25, -0.2) is 0 Å². The van der Waals surface area contributed by atoms with Gasteiger partial charge in [-0.3, -0.25) is 9.59 Å². The molecule has 0 heterocycles. The molecule has 0 aliphatic carbocycles. The number of benzene rings is 5. The summed E-state index contributed by atoms with van der Waals surface area (Å²) < 4.78 is 0. The fraction of sp³-hybridized carbons (Fsp3) is 0.118. The Bertz CT molecular complexity index is 1950. The molecule has 5 aromatic carbocycles. The summed E-state index contributed by atoms with van der Waals surface area (Å²) in [6, 6.07) is 22.6. The molecule has 5 aromatic rings. The van der Waals surface area contributed by atoms with E-state index in [0.29, 0.717) is 37.8 Å². The second-order valence-corrected chi connectivity index (χ2v) is 11.2. The van der Waals surface area contributed by atoms with Gasteiger partial charge in [0.05, 0.1) is 10.6 Å². The monoisotopic (exact) mass is 610 g/mol. The largest absolute Gasteiger partial charge is 0.505 e. The number of azo groups is 1. The number of fused-ring (bicyclic) bond motifs is 1. The number of hydrogen-bond donors (Lipinski definition) is 3. The molecular weight excluding hydrogens is 583 g/mol. The fourth-order valence-corrected chi connectivity index (χ4v) is 5.07. The Kier molecular flexibility index (Phi) is 8.48. The number of halogens is 2. The summed E-state index contributed by atoms with van der Waals surface area (Å²) >= 11 is 12.4. The number of anilines is 2. The number of phenols is 1. The first-order valence-corrected chi connectivity index (χ1v) is 14.2. The Morgan fingerprint density at radius 3 is 1.95 bits per heavy atom. The zero-order chi connectivity index (χ0) is 30.8. The van der Waals surface area contributed by atoms with Gasteiger partial charge in [-0.05, 0) is 92.7 Å². The van der Waals surface area contributed by atoms with Gasteiger partial charge in [-0.15, -0.1) is 10.2 Å². The average Bonchev–Trinajstić information content (AvgIpc) is 2.96. The lowest BCUT2D eigenvalue weighted by atomic mass is 10.00. The average molecular weight is 612 g/mol. The van der Waals surface area contributed by atoms with Gasteiger partial charge < -0.3 is 15.7 Å². The number of rotatable bonds is 6. The molecule has 0 bridgehead atoms. The number of aromatic hydroxyl groups is 1. The molecule has 0 aromatic heterocycles. The van der Waals surface area contributed by atoms with Crippen molar-refractivity contribution in [1.29, 1.82) is 0 Å². The maximum Gasteiger partial charge on any atom is 0.259 e. The van der Waals surface area contributed by atoms with Gasteiger partial charge in [-0.1, -0.05) is 64.7 Å². The normalized spacial score (nSPS) is 11.2. The molecule has 2 amide bonds. The third-order valence-corrected chi connectivity index (χ3v) is 7.57. The minimum absolute atomic E-state index is 0.0365. The number of hydrogen-bond acceptors (Lipinski definition) is 5. The highest BCUT2D eigenvalue weighted by Crippen LogP contribution is 2.41. The first-order chi connectivity index (χ1) is 20.5. The molecule has 43 heavy (non-hydrogen) atoms. The first kappa shape index (κ1) is 29.8. The predicted octanol–water partition coefficient (Wildman–Crippen LogP) is 10.0. The molecule has 216 valence electrons. The summed E-state index contributed by atoms with van der Waals surface area (Å²) in [6.07, 6.45) is 0. The van der Waals surface area contributed by atoms with E-state index in [1.807, 2.05) is 58.0 Å². The van der Waals surface area contributed by atoms with E-state index in [2.05, 4.69) is 20.9 Å². The number of nitrogens with zero attached hydrogens (tertiary/aromatic N) is 2. The van der Waals surface area contributed by atoms with E-state index < -0.39 is 5.91 Å². The van der Waals surface area contributed by atoms with Crippen molar-refractivity contribution in [1.82, 2.24) is 0 Å². The topological polar surface area (TPSA) is 103 Å². The SMILES string of the molecule is Cc1ccc(NC(=O)c2ccc3c(N=Nc4cc(Cl)ccc4Cl)c(O)c(C(=O)Nc4ccc(C)cc4C)cc3c2)c(C)c1. The first-order valence-electron chi connectivity index (χ1n) is 13.4. The predicted molar refractivity (Wildman–Crippen MR) is 174 cm³/mol. The lowest BCUT2D eigenvalue weighted by Gasteiger charge is -2.14. The molecule has 3 N–H and O–H groups in total. The van der Waals surface area contributed by atoms with E-state index in [0.717, 1.165) is 22.3 Å². The molecule has 0 saturated carbocycles. The molecular formula is C34H28Cl2N4O3. The minimum Gasteiger partial charge on any atom is -0.505 e. The van der Waals surface area contributed by atoms with Crippen molar-refractivity contribution in [3.63, 3.8) is 0 Å². The van der Waals surface area contributed by atoms with E-state index in [9.17, 15) is 14.7 Å². The number of carbonyl (C=O) groups excluding carboxylic acids is 2. The second kappa shape index (κ2) is 12.3. The van der Waals surface area contributed by atoms with Crippen molar-refractivity contribution in [3.05, 3.63) is 122 Å². The van der Waals surface area contributed by atoms with Crippen LogP contribution in [0.25, 0.3) is 10.8 Å². The van der Waals surface area contributed by atoms with E-state index in [1.54, 1.807) is 42.5 Å². The molecule has 0 atom stereocenters. The van der Waals surface area contributed by atoms with Crippen molar-refractivity contribution in [2.24, 2.45) is 10.2 Å². The smallest absolute Gasteiger partial charge is 0.259 e. The Labute approximate surface area is 259 Å². The zero-order valence-electron chi connectivity index (χ0n) is 23.9. The molecule has 0 saturated heterocycles. The van der Waals surface area contributed by atoms with Crippen LogP contribution in [0.1, 0.15) is 43.0 Å². The van der Waals surface area contributed by atoms with Crippen LogP contribution in [0.4, 0.5) is 22.7 Å². The van der Waals surface area contributed by atoms with E-state index in [-0.39, 0.29) is 28.6 Å². The minimum atomic E-state index is -0.547. The fourth-order valence-electron chi connectivity index (χ4n) is 4.75. The highest BCUT2D eigenvalue weighted by molar-refractivity contribution is 6.35. The van der Waals surface area contributed by atoms with Crippen LogP contribution in [-0.2, 0) is 0 Å². The molecule has 7 nitrogen and oxygen atoms in total. The van der Waals surface area contributed by atoms with Gasteiger partial charge in [0.2, 0.25) is 0 Å². The summed E-state index contributed by atoms with van der Waals surface area (Å²) in [6.45, 7) is 7.76. The molecule has 0 radical (unpaired) electrons. The Hall–Kier alpha value is -4.72. The molecule has 0 spiro atoms. The lowest BCUT2D eigenvalue weighted by molar-refractivity contribution is 0.101. The van der Waals surface area contributed by atoms with Crippen LogP contribution in [0.5, 0.6) is 5.75 Å². The molecule has 0 aliphatic rings. The number of aryl methyl sites for hydroxylation is 4. The quantitative estimate of drug-likeness (QED) is 0.167. The summed E-state index contributed by atoms with van der Waals surface area (Å²) in [5.74, 6) is -1.24. The highest BCUT2D eigenvalue weighted by atomic mass is 35.5. The van der Waals surface area contributed by atoms with Crippen LogP contribution in [-0.4, -0.2) is 16.9 Å². The second-order valence-electron chi connectivity index (χ2n) is 10.4. The van der Waals surface area contributed by atoms with Gasteiger partial charge in [0.1, 0.15) is 11.4 Å². The molecule has 0 unspecified atom stereocenters. The molecule has 0 fully saturated rings. The summed E-state index contributed by atoms with van der Waals surface area (Å²) in [7, 11) is 0. The van der Waals surface area contributed by atoms with Crippen molar-refractivity contribution in [3.8, 4) is 5.75 Å². The standard InChI is InChI=1S/C34H28Cl2N4O3/c1-18-5-11-28(20(3)13-18)37-33(42)22-7-9-25-23(15-22)16-26(34(43)38-29-12-6-19(2)14-21(29)4)32(41)31(25)40-39-30-17-24(35)8-10-27(30)36/h5-17,41H,1-4H3,(H,37,42)(H,38,43). The van der Waals surface area contributed by atoms with Crippen LogP contribution in [0.15, 0.2) is 89.1 Å². The number of nitrogens with one attached hydrogen (secondary N) is 2. The highest BCUT2D eigenvalue weighted by Gasteiger charge is 2.21. The van der Waals surface area contributed by atoms with Crippen LogP contribution in [0.2, 0.25) is 10.0 Å². The van der Waals surface area contributed by atoms with Crippen molar-refractivity contribution < 1.29 is 14.7 Å². The van der Waals surface area contributed by atoms with E-state index in [1.165, 1.54) is 6.07 Å². The van der Waals surface area contributed by atoms with Crippen LogP contribution in [0, 0.1) is 27.7 Å². The number of phenolic OH excluding ortho intramolecular Hbond substituents is 1. The maximum absolute atomic E-state index is 13.5. The van der Waals surface area contributed by atoms with Crippen molar-refractivity contribution in [2.75, 3.05) is 10.6 Å². The third-order valence-electron chi connectivity index (χ3n) is 7.02. The number of carbonyl (C=O) groups is 2. The van der Waals surface area contributed by atoms with Crippen molar-refractivity contribution in [2.45, 2.75) is 27.7 Å². The van der Waals surface area contributed by atoms with Gasteiger partial charge in [0.25, 0.3) is 11.8 Å². The Balaban J connectivity index is 1.60. The lowest BCUT2D eigenvalue weighted by Crippen LogP contribution is -2.14. The third kappa shape index (κ3) is 6.53. The van der Waals surface area contributed by atoms with Crippen LogP contribution >= 0.6 is 23.2 Å². The molecule has 5 rings (SSSR count). The number of amides is 2. The van der Waals surface area contributed by atoms with Gasteiger partial charge >= 0.3 is 0 Å². The van der Waals surface area contributed by atoms with Gasteiger partial charge in [0.15, 0.2) is 5.75 Å². The summed E-state index contributed by atoms with van der Waals surface area (Å²) in [4.78, 5) is 26.7. The van der Waals surface area contributed by atoms with E-state index in [4.69, 9.17) is 23.2 Å². The van der Waals surface area contributed by atoms with E-state index >= 15 is 0 Å². The Morgan fingerprint density at radius 1 is 0.698 bits per heavy atom. The van der Waals surface area contributed by atoms with Crippen molar-refractivity contribution >= 4 is 68.5 Å². The zero-order valence-corrected chi connectivity index (χ0v) is 25.4. The van der Waals surface area contributed by atoms with Crippen LogP contribution in [0.3, 0.4) is 0 Å². The van der Waals surface area contributed by atoms with Gasteiger partial charge in [0, 0.05) is 27.3 Å².